The molecule has 27 heavy (non-hydrogen) atoms. The Morgan fingerprint density at radius 2 is 1.81 bits per heavy atom. The molecule has 0 spiro atoms. The second-order valence-electron chi connectivity index (χ2n) is 6.77. The standard InChI is InChI=1S/C18H26N4O5/c1-14(20-4-8-26-9-5-20)13-19-16-3-2-15(12-17(16)22(24)25)18(23)21-6-10-27-11-7-21/h2-3,12,14,19H,4-11,13H2,1H3/t14-/m1/s1. The first-order chi connectivity index (χ1) is 13.1. The second kappa shape index (κ2) is 9.12. The third-order valence-electron chi connectivity index (χ3n) is 5.00. The zero-order valence-electron chi connectivity index (χ0n) is 15.6. The molecule has 2 aliphatic rings. The fourth-order valence-corrected chi connectivity index (χ4v) is 3.32. The topological polar surface area (TPSA) is 97.2 Å². The average molecular weight is 378 g/mol. The summed E-state index contributed by atoms with van der Waals surface area (Å²) in [5, 5.41) is 14.7. The minimum absolute atomic E-state index is 0.0803. The van der Waals surface area contributed by atoms with Crippen LogP contribution in [0.15, 0.2) is 18.2 Å². The lowest BCUT2D eigenvalue weighted by atomic mass is 10.1. The molecule has 0 unspecified atom stereocenters. The van der Waals surface area contributed by atoms with Gasteiger partial charge >= 0.3 is 0 Å². The Bertz CT molecular complexity index is 672. The molecule has 2 heterocycles. The van der Waals surface area contributed by atoms with Crippen LogP contribution in [0.1, 0.15) is 17.3 Å². The van der Waals surface area contributed by atoms with Crippen LogP contribution >= 0.6 is 0 Å². The van der Waals surface area contributed by atoms with Gasteiger partial charge in [-0.05, 0) is 19.1 Å². The van der Waals surface area contributed by atoms with Gasteiger partial charge in [-0.1, -0.05) is 0 Å². The van der Waals surface area contributed by atoms with Gasteiger partial charge in [0.1, 0.15) is 5.69 Å². The van der Waals surface area contributed by atoms with E-state index >= 15 is 0 Å². The number of anilines is 1. The maximum atomic E-state index is 12.6. The van der Waals surface area contributed by atoms with E-state index in [1.807, 2.05) is 0 Å². The van der Waals surface area contributed by atoms with E-state index < -0.39 is 4.92 Å². The summed E-state index contributed by atoms with van der Waals surface area (Å²) in [6.45, 7) is 7.80. The summed E-state index contributed by atoms with van der Waals surface area (Å²) in [5.74, 6) is -0.199. The van der Waals surface area contributed by atoms with Crippen molar-refractivity contribution < 1.29 is 19.2 Å². The van der Waals surface area contributed by atoms with Crippen molar-refractivity contribution >= 4 is 17.3 Å². The monoisotopic (exact) mass is 378 g/mol. The van der Waals surface area contributed by atoms with Crippen molar-refractivity contribution in [2.24, 2.45) is 0 Å². The second-order valence-corrected chi connectivity index (χ2v) is 6.77. The highest BCUT2D eigenvalue weighted by atomic mass is 16.6. The number of ether oxygens (including phenoxy) is 2. The fourth-order valence-electron chi connectivity index (χ4n) is 3.32. The minimum Gasteiger partial charge on any atom is -0.379 e. The van der Waals surface area contributed by atoms with Gasteiger partial charge in [-0.25, -0.2) is 0 Å². The molecular formula is C18H26N4O5. The number of amides is 1. The van der Waals surface area contributed by atoms with Gasteiger partial charge in [0.15, 0.2) is 0 Å². The molecule has 0 aliphatic carbocycles. The first kappa shape index (κ1) is 19.5. The lowest BCUT2D eigenvalue weighted by molar-refractivity contribution is -0.384. The number of carbonyl (C=O) groups excluding carboxylic acids is 1. The Morgan fingerprint density at radius 3 is 2.44 bits per heavy atom. The molecule has 0 saturated carbocycles. The summed E-state index contributed by atoms with van der Waals surface area (Å²) < 4.78 is 10.6. The summed E-state index contributed by atoms with van der Waals surface area (Å²) in [7, 11) is 0. The quantitative estimate of drug-likeness (QED) is 0.587. The third kappa shape index (κ3) is 4.94. The zero-order chi connectivity index (χ0) is 19.2. The first-order valence-corrected chi connectivity index (χ1v) is 9.27. The number of morpholine rings is 2. The molecule has 0 aromatic heterocycles. The number of nitro groups is 1. The Morgan fingerprint density at radius 1 is 1.19 bits per heavy atom. The number of nitrogens with one attached hydrogen (secondary N) is 1. The molecule has 1 N–H and O–H groups in total. The molecule has 1 amide bonds. The lowest BCUT2D eigenvalue weighted by Gasteiger charge is -2.32. The molecule has 0 bridgehead atoms. The van der Waals surface area contributed by atoms with Gasteiger partial charge in [0.2, 0.25) is 0 Å². The van der Waals surface area contributed by atoms with Crippen molar-refractivity contribution in [1.82, 2.24) is 9.80 Å². The van der Waals surface area contributed by atoms with E-state index in [4.69, 9.17) is 9.47 Å². The number of nitro benzene ring substituents is 1. The van der Waals surface area contributed by atoms with Crippen molar-refractivity contribution in [3.8, 4) is 0 Å². The van der Waals surface area contributed by atoms with E-state index in [9.17, 15) is 14.9 Å². The van der Waals surface area contributed by atoms with E-state index in [-0.39, 0.29) is 17.6 Å². The summed E-state index contributed by atoms with van der Waals surface area (Å²) in [6.07, 6.45) is 0. The molecule has 3 rings (SSSR count). The average Bonchev–Trinajstić information content (AvgIpc) is 2.72. The van der Waals surface area contributed by atoms with Crippen molar-refractivity contribution in [1.29, 1.82) is 0 Å². The van der Waals surface area contributed by atoms with E-state index in [2.05, 4.69) is 17.1 Å². The molecule has 1 aromatic carbocycles. The fraction of sp³-hybridized carbons (Fsp3) is 0.611. The van der Waals surface area contributed by atoms with E-state index in [0.29, 0.717) is 57.3 Å². The highest BCUT2D eigenvalue weighted by molar-refractivity contribution is 5.95. The number of rotatable bonds is 6. The largest absolute Gasteiger partial charge is 0.379 e. The minimum atomic E-state index is -0.447. The number of carbonyl (C=O) groups is 1. The van der Waals surface area contributed by atoms with Crippen LogP contribution in [0.5, 0.6) is 0 Å². The first-order valence-electron chi connectivity index (χ1n) is 9.27. The predicted octanol–water partition coefficient (Wildman–Crippen LogP) is 1.20. The molecule has 9 nitrogen and oxygen atoms in total. The van der Waals surface area contributed by atoms with Crippen LogP contribution in [0.2, 0.25) is 0 Å². The van der Waals surface area contributed by atoms with Gasteiger partial charge in [-0.2, -0.15) is 0 Å². The number of hydrogen-bond donors (Lipinski definition) is 1. The van der Waals surface area contributed by atoms with Crippen LogP contribution in [0.25, 0.3) is 0 Å². The Labute approximate surface area is 158 Å². The number of benzene rings is 1. The van der Waals surface area contributed by atoms with Crippen LogP contribution in [0.4, 0.5) is 11.4 Å². The molecule has 2 fully saturated rings. The van der Waals surface area contributed by atoms with Gasteiger partial charge in [-0.3, -0.25) is 19.8 Å². The van der Waals surface area contributed by atoms with Crippen LogP contribution in [0.3, 0.4) is 0 Å². The van der Waals surface area contributed by atoms with Crippen molar-refractivity contribution in [2.45, 2.75) is 13.0 Å². The zero-order valence-corrected chi connectivity index (χ0v) is 15.6. The molecule has 148 valence electrons. The number of nitrogens with zero attached hydrogens (tertiary/aromatic N) is 3. The van der Waals surface area contributed by atoms with Crippen LogP contribution < -0.4 is 5.32 Å². The van der Waals surface area contributed by atoms with Crippen molar-refractivity contribution in [3.05, 3.63) is 33.9 Å². The SMILES string of the molecule is C[C@H](CNc1ccc(C(=O)N2CCOCC2)cc1[N+](=O)[O-])N1CCOCC1. The van der Waals surface area contributed by atoms with E-state index in [1.165, 1.54) is 6.07 Å². The molecule has 2 aliphatic heterocycles. The van der Waals surface area contributed by atoms with Gasteiger partial charge < -0.3 is 19.7 Å². The van der Waals surface area contributed by atoms with Crippen LogP contribution in [-0.2, 0) is 9.47 Å². The maximum absolute atomic E-state index is 12.6. The molecule has 0 radical (unpaired) electrons. The van der Waals surface area contributed by atoms with Gasteiger partial charge in [-0.15, -0.1) is 0 Å². The third-order valence-corrected chi connectivity index (χ3v) is 5.00. The Kier molecular flexibility index (Phi) is 6.59. The summed E-state index contributed by atoms with van der Waals surface area (Å²) >= 11 is 0. The van der Waals surface area contributed by atoms with Crippen molar-refractivity contribution in [2.75, 3.05) is 64.5 Å². The molecule has 2 saturated heterocycles. The van der Waals surface area contributed by atoms with Gasteiger partial charge in [0.25, 0.3) is 11.6 Å². The van der Waals surface area contributed by atoms with Gasteiger partial charge in [0, 0.05) is 50.4 Å². The highest BCUT2D eigenvalue weighted by Crippen LogP contribution is 2.26. The van der Waals surface area contributed by atoms with E-state index in [0.717, 1.165) is 13.1 Å². The lowest BCUT2D eigenvalue weighted by Crippen LogP contribution is -2.45. The Balaban J connectivity index is 1.67. The molecule has 1 atom stereocenters. The van der Waals surface area contributed by atoms with Crippen molar-refractivity contribution in [3.63, 3.8) is 0 Å². The summed E-state index contributed by atoms with van der Waals surface area (Å²) in [4.78, 5) is 27.6. The predicted molar refractivity (Wildman–Crippen MR) is 100 cm³/mol. The normalized spacial score (nSPS) is 19.5. The molecule has 1 aromatic rings. The summed E-state index contributed by atoms with van der Waals surface area (Å²) in [6, 6.07) is 4.85. The molecular weight excluding hydrogens is 352 g/mol. The summed E-state index contributed by atoms with van der Waals surface area (Å²) in [5.41, 5.74) is 0.678. The van der Waals surface area contributed by atoms with Crippen LogP contribution in [-0.4, -0.2) is 85.8 Å². The highest BCUT2D eigenvalue weighted by Gasteiger charge is 2.23. The van der Waals surface area contributed by atoms with Gasteiger partial charge in [0.05, 0.1) is 31.4 Å². The van der Waals surface area contributed by atoms with E-state index in [1.54, 1.807) is 17.0 Å². The Hall–Kier alpha value is -2.23. The molecule has 9 heteroatoms. The smallest absolute Gasteiger partial charge is 0.293 e. The van der Waals surface area contributed by atoms with Crippen LogP contribution in [0, 0.1) is 10.1 Å². The maximum Gasteiger partial charge on any atom is 0.293 e. The number of hydrogen-bond acceptors (Lipinski definition) is 7.